The molecule has 2 N–H and O–H groups in total. The Morgan fingerprint density at radius 1 is 1.16 bits per heavy atom. The highest BCUT2D eigenvalue weighted by atomic mass is 16.4. The lowest BCUT2D eigenvalue weighted by Gasteiger charge is -2.32. The lowest BCUT2D eigenvalue weighted by molar-refractivity contribution is -0.139. The van der Waals surface area contributed by atoms with Crippen LogP contribution in [0.2, 0.25) is 0 Å². The number of carboxylic acid groups (broad SMARTS) is 1. The summed E-state index contributed by atoms with van der Waals surface area (Å²) in [6.45, 7) is 1.08. The number of likely N-dealkylation sites (tertiary alicyclic amines) is 1. The zero-order valence-electron chi connectivity index (χ0n) is 14.3. The molecule has 0 bridgehead atoms. The Hall–Kier alpha value is -2.11. The van der Waals surface area contributed by atoms with Gasteiger partial charge in [-0.3, -0.25) is 14.4 Å². The van der Waals surface area contributed by atoms with Crippen molar-refractivity contribution < 1.29 is 14.7 Å². The van der Waals surface area contributed by atoms with Gasteiger partial charge in [-0.1, -0.05) is 6.42 Å². The predicted molar refractivity (Wildman–Crippen MR) is 91.6 cm³/mol. The molecule has 0 aromatic carbocycles. The number of H-pyrrole nitrogens is 1. The number of pyridine rings is 1. The first-order valence-corrected chi connectivity index (χ1v) is 9.27. The maximum atomic E-state index is 12.8. The molecule has 1 aromatic heterocycles. The lowest BCUT2D eigenvalue weighted by Crippen LogP contribution is -2.42. The fourth-order valence-electron chi connectivity index (χ4n) is 4.59. The molecule has 1 unspecified atom stereocenters. The van der Waals surface area contributed by atoms with E-state index in [1.165, 1.54) is 0 Å². The first-order chi connectivity index (χ1) is 12.0. The number of aromatic nitrogens is 1. The summed E-state index contributed by atoms with van der Waals surface area (Å²) < 4.78 is 0. The van der Waals surface area contributed by atoms with Crippen molar-refractivity contribution in [3.63, 3.8) is 0 Å². The standard InChI is InChI=1S/C19H24N2O4/c22-16-13(10-12-4-2-1-3-5-15(12)20-16)17(23)21-8-6-19(7-9-21)11-14(19)18(24)25/h10,14H,1-9,11H2,(H,20,22)(H,24,25). The average molecular weight is 344 g/mol. The molecule has 1 aliphatic heterocycles. The number of amides is 1. The Labute approximate surface area is 146 Å². The fraction of sp³-hybridized carbons (Fsp3) is 0.632. The predicted octanol–water partition coefficient (Wildman–Crippen LogP) is 1.97. The summed E-state index contributed by atoms with van der Waals surface area (Å²) in [5.41, 5.74) is 1.92. The first-order valence-electron chi connectivity index (χ1n) is 9.27. The molecular weight excluding hydrogens is 320 g/mol. The van der Waals surface area contributed by atoms with Gasteiger partial charge in [0.25, 0.3) is 11.5 Å². The van der Waals surface area contributed by atoms with Crippen LogP contribution in [0.4, 0.5) is 0 Å². The number of carbonyl (C=O) groups is 2. The number of hydrogen-bond donors (Lipinski definition) is 2. The Balaban J connectivity index is 1.50. The molecule has 4 rings (SSSR count). The number of hydrogen-bond acceptors (Lipinski definition) is 3. The van der Waals surface area contributed by atoms with Crippen LogP contribution in [-0.2, 0) is 17.6 Å². The molecule has 2 fully saturated rings. The number of fused-ring (bicyclic) bond motifs is 1. The zero-order valence-corrected chi connectivity index (χ0v) is 14.3. The molecule has 2 heterocycles. The molecule has 1 saturated carbocycles. The van der Waals surface area contributed by atoms with E-state index < -0.39 is 5.97 Å². The highest BCUT2D eigenvalue weighted by Crippen LogP contribution is 2.59. The molecule has 1 aromatic rings. The van der Waals surface area contributed by atoms with E-state index in [1.807, 2.05) is 0 Å². The molecule has 25 heavy (non-hydrogen) atoms. The van der Waals surface area contributed by atoms with Crippen molar-refractivity contribution >= 4 is 11.9 Å². The van der Waals surface area contributed by atoms with E-state index in [9.17, 15) is 14.4 Å². The summed E-state index contributed by atoms with van der Waals surface area (Å²) in [5, 5.41) is 9.17. The van der Waals surface area contributed by atoms with Gasteiger partial charge in [0.1, 0.15) is 5.56 Å². The van der Waals surface area contributed by atoms with Crippen LogP contribution in [0.15, 0.2) is 10.9 Å². The molecule has 3 aliphatic rings. The highest BCUT2D eigenvalue weighted by molar-refractivity contribution is 5.94. The second kappa shape index (κ2) is 6.00. The molecule has 1 saturated heterocycles. The third-order valence-electron chi connectivity index (χ3n) is 6.35. The third-order valence-corrected chi connectivity index (χ3v) is 6.35. The van der Waals surface area contributed by atoms with E-state index in [4.69, 9.17) is 5.11 Å². The molecule has 6 nitrogen and oxygen atoms in total. The van der Waals surface area contributed by atoms with Crippen LogP contribution in [-0.4, -0.2) is 40.0 Å². The molecule has 134 valence electrons. The van der Waals surface area contributed by atoms with Gasteiger partial charge in [0.15, 0.2) is 0 Å². The molecule has 1 atom stereocenters. The van der Waals surface area contributed by atoms with Gasteiger partial charge in [-0.15, -0.1) is 0 Å². The number of nitrogens with one attached hydrogen (secondary N) is 1. The van der Waals surface area contributed by atoms with Gasteiger partial charge in [0.2, 0.25) is 0 Å². The quantitative estimate of drug-likeness (QED) is 0.803. The van der Waals surface area contributed by atoms with Crippen LogP contribution in [0.3, 0.4) is 0 Å². The van der Waals surface area contributed by atoms with Crippen LogP contribution >= 0.6 is 0 Å². The summed E-state index contributed by atoms with van der Waals surface area (Å²) in [6, 6.07) is 1.80. The number of aryl methyl sites for hydroxylation is 2. The number of nitrogens with zero attached hydrogens (tertiary/aromatic N) is 1. The maximum Gasteiger partial charge on any atom is 0.307 e. The Morgan fingerprint density at radius 2 is 1.88 bits per heavy atom. The number of aromatic amines is 1. The van der Waals surface area contributed by atoms with E-state index in [1.54, 1.807) is 11.0 Å². The summed E-state index contributed by atoms with van der Waals surface area (Å²) in [7, 11) is 0. The van der Waals surface area contributed by atoms with Gasteiger partial charge in [-0.25, -0.2) is 0 Å². The van der Waals surface area contributed by atoms with Crippen LogP contribution in [0.1, 0.15) is 60.1 Å². The first kappa shape index (κ1) is 16.4. The van der Waals surface area contributed by atoms with Crippen molar-refractivity contribution in [2.24, 2.45) is 11.3 Å². The Bertz CT molecular complexity index is 774. The normalized spacial score (nSPS) is 24.5. The second-order valence-corrected chi connectivity index (χ2v) is 7.83. The van der Waals surface area contributed by atoms with Crippen molar-refractivity contribution in [3.05, 3.63) is 33.2 Å². The molecule has 6 heteroatoms. The fourth-order valence-corrected chi connectivity index (χ4v) is 4.59. The van der Waals surface area contributed by atoms with Crippen molar-refractivity contribution in [1.29, 1.82) is 0 Å². The summed E-state index contributed by atoms with van der Waals surface area (Å²) in [4.78, 5) is 41.0. The van der Waals surface area contributed by atoms with Crippen LogP contribution < -0.4 is 5.56 Å². The number of piperidine rings is 1. The minimum Gasteiger partial charge on any atom is -0.481 e. The topological polar surface area (TPSA) is 90.5 Å². The van der Waals surface area contributed by atoms with Gasteiger partial charge in [-0.05, 0) is 62.0 Å². The minimum absolute atomic E-state index is 0.108. The van der Waals surface area contributed by atoms with Crippen molar-refractivity contribution in [3.8, 4) is 0 Å². The lowest BCUT2D eigenvalue weighted by atomic mass is 9.90. The van der Waals surface area contributed by atoms with Crippen LogP contribution in [0.5, 0.6) is 0 Å². The van der Waals surface area contributed by atoms with Gasteiger partial charge < -0.3 is 15.0 Å². The second-order valence-electron chi connectivity index (χ2n) is 7.83. The van der Waals surface area contributed by atoms with Crippen LogP contribution in [0.25, 0.3) is 0 Å². The number of aliphatic carboxylic acids is 1. The summed E-state index contributed by atoms with van der Waals surface area (Å²) in [6.07, 6.45) is 7.28. The summed E-state index contributed by atoms with van der Waals surface area (Å²) >= 11 is 0. The largest absolute Gasteiger partial charge is 0.481 e. The molecule has 1 spiro atoms. The third kappa shape index (κ3) is 2.87. The van der Waals surface area contributed by atoms with E-state index in [0.29, 0.717) is 13.1 Å². The van der Waals surface area contributed by atoms with E-state index in [2.05, 4.69) is 4.98 Å². The van der Waals surface area contributed by atoms with Gasteiger partial charge in [0.05, 0.1) is 5.92 Å². The molecular formula is C19H24N2O4. The molecule has 1 amide bonds. The van der Waals surface area contributed by atoms with Crippen LogP contribution in [0, 0.1) is 11.3 Å². The molecule has 2 aliphatic carbocycles. The minimum atomic E-state index is -0.720. The highest BCUT2D eigenvalue weighted by Gasteiger charge is 2.59. The Kier molecular flexibility index (Phi) is 3.93. The van der Waals surface area contributed by atoms with Gasteiger partial charge in [0, 0.05) is 18.8 Å². The van der Waals surface area contributed by atoms with Crippen molar-refractivity contribution in [1.82, 2.24) is 9.88 Å². The molecule has 0 radical (unpaired) electrons. The average Bonchev–Trinajstić information content (AvgIpc) is 3.34. The van der Waals surface area contributed by atoms with Gasteiger partial charge in [-0.2, -0.15) is 0 Å². The maximum absolute atomic E-state index is 12.8. The zero-order chi connectivity index (χ0) is 17.6. The SMILES string of the molecule is O=C(O)C1CC12CCN(C(=O)c1cc3c([nH]c1=O)CCCCC3)CC2. The Morgan fingerprint density at radius 3 is 2.56 bits per heavy atom. The van der Waals surface area contributed by atoms with E-state index in [0.717, 1.165) is 62.6 Å². The van der Waals surface area contributed by atoms with Crippen molar-refractivity contribution in [2.75, 3.05) is 13.1 Å². The number of rotatable bonds is 2. The summed E-state index contributed by atoms with van der Waals surface area (Å²) in [5.74, 6) is -1.18. The number of carbonyl (C=O) groups excluding carboxylic acids is 1. The van der Waals surface area contributed by atoms with Crippen molar-refractivity contribution in [2.45, 2.75) is 51.4 Å². The van der Waals surface area contributed by atoms with Gasteiger partial charge >= 0.3 is 5.97 Å². The monoisotopic (exact) mass is 344 g/mol. The number of carboxylic acids is 1. The van der Waals surface area contributed by atoms with E-state index in [-0.39, 0.29) is 28.4 Å². The smallest absolute Gasteiger partial charge is 0.307 e. The van der Waals surface area contributed by atoms with E-state index >= 15 is 0 Å².